The molecule has 5 nitrogen and oxygen atoms in total. The molecule has 0 fully saturated rings. The second kappa shape index (κ2) is 5.30. The molecule has 5 heteroatoms. The second-order valence-corrected chi connectivity index (χ2v) is 4.48. The van der Waals surface area contributed by atoms with Gasteiger partial charge in [0.1, 0.15) is 11.5 Å². The fourth-order valence-corrected chi connectivity index (χ4v) is 2.46. The van der Waals surface area contributed by atoms with Crippen LogP contribution in [0.5, 0.6) is 11.5 Å². The molecule has 0 radical (unpaired) electrons. The quantitative estimate of drug-likeness (QED) is 0.893. The largest absolute Gasteiger partial charge is 0.496 e. The lowest BCUT2D eigenvalue weighted by Gasteiger charge is -2.26. The molecule has 0 saturated carbocycles. The molecular weight excluding hydrogens is 246 g/mol. The van der Waals surface area contributed by atoms with E-state index in [9.17, 15) is 9.59 Å². The van der Waals surface area contributed by atoms with Gasteiger partial charge in [-0.3, -0.25) is 9.59 Å². The maximum Gasteiger partial charge on any atom is 0.217 e. The fraction of sp³-hybridized carbons (Fsp3) is 0.429. The number of amides is 1. The van der Waals surface area contributed by atoms with Crippen LogP contribution in [0.3, 0.4) is 0 Å². The van der Waals surface area contributed by atoms with Crippen LogP contribution >= 0.6 is 0 Å². The molecule has 0 unspecified atom stereocenters. The zero-order chi connectivity index (χ0) is 14.0. The van der Waals surface area contributed by atoms with Gasteiger partial charge >= 0.3 is 0 Å². The van der Waals surface area contributed by atoms with Crippen molar-refractivity contribution in [2.45, 2.75) is 25.8 Å². The van der Waals surface area contributed by atoms with Crippen molar-refractivity contribution in [3.63, 3.8) is 0 Å². The molecule has 19 heavy (non-hydrogen) atoms. The van der Waals surface area contributed by atoms with E-state index in [-0.39, 0.29) is 11.7 Å². The van der Waals surface area contributed by atoms with Crippen molar-refractivity contribution in [3.05, 3.63) is 23.3 Å². The van der Waals surface area contributed by atoms with E-state index in [0.717, 1.165) is 5.56 Å². The smallest absolute Gasteiger partial charge is 0.217 e. The Bertz CT molecular complexity index is 524. The predicted octanol–water partition coefficient (Wildman–Crippen LogP) is 1.34. The van der Waals surface area contributed by atoms with Crippen LogP contribution in [-0.2, 0) is 11.2 Å². The third kappa shape index (κ3) is 2.41. The predicted molar refractivity (Wildman–Crippen MR) is 69.8 cm³/mol. The summed E-state index contributed by atoms with van der Waals surface area (Å²) in [6.07, 6.45) is 1.25. The number of ether oxygens (including phenoxy) is 2. The minimum Gasteiger partial charge on any atom is -0.496 e. The van der Waals surface area contributed by atoms with Gasteiger partial charge in [-0.05, 0) is 25.0 Å². The fourth-order valence-electron chi connectivity index (χ4n) is 2.46. The van der Waals surface area contributed by atoms with Crippen LogP contribution in [0.4, 0.5) is 0 Å². The second-order valence-electron chi connectivity index (χ2n) is 4.48. The van der Waals surface area contributed by atoms with E-state index in [1.165, 1.54) is 14.0 Å². The monoisotopic (exact) mass is 263 g/mol. The lowest BCUT2D eigenvalue weighted by molar-refractivity contribution is -0.119. The van der Waals surface area contributed by atoms with Crippen LogP contribution in [0, 0.1) is 0 Å². The Morgan fingerprint density at radius 3 is 2.47 bits per heavy atom. The molecule has 1 amide bonds. The van der Waals surface area contributed by atoms with Crippen molar-refractivity contribution in [1.82, 2.24) is 5.32 Å². The average molecular weight is 263 g/mol. The molecular formula is C14H17NO4. The van der Waals surface area contributed by atoms with Crippen molar-refractivity contribution in [1.29, 1.82) is 0 Å². The third-order valence-electron chi connectivity index (χ3n) is 3.29. The summed E-state index contributed by atoms with van der Waals surface area (Å²) in [6.45, 7) is 1.41. The van der Waals surface area contributed by atoms with Gasteiger partial charge in [-0.1, -0.05) is 0 Å². The summed E-state index contributed by atoms with van der Waals surface area (Å²) in [7, 11) is 3.10. The summed E-state index contributed by atoms with van der Waals surface area (Å²) < 4.78 is 10.5. The van der Waals surface area contributed by atoms with Gasteiger partial charge in [-0.15, -0.1) is 0 Å². The molecule has 102 valence electrons. The summed E-state index contributed by atoms with van der Waals surface area (Å²) in [5.41, 5.74) is 1.38. The molecule has 0 spiro atoms. The average Bonchev–Trinajstić information content (AvgIpc) is 2.40. The molecule has 1 aliphatic rings. The molecule has 0 aliphatic heterocycles. The zero-order valence-electron chi connectivity index (χ0n) is 11.3. The maximum atomic E-state index is 12.4. The number of carbonyl (C=O) groups is 2. The van der Waals surface area contributed by atoms with E-state index in [0.29, 0.717) is 29.9 Å². The summed E-state index contributed by atoms with van der Waals surface area (Å²) in [5.74, 6) is 0.886. The SMILES string of the molecule is COc1ccc(OC)c2c1CC[C@@H](NC(C)=O)C2=O. The first kappa shape index (κ1) is 13.4. The van der Waals surface area contributed by atoms with Gasteiger partial charge in [0.25, 0.3) is 0 Å². The van der Waals surface area contributed by atoms with Crippen molar-refractivity contribution in [2.24, 2.45) is 0 Å². The highest BCUT2D eigenvalue weighted by molar-refractivity contribution is 6.06. The van der Waals surface area contributed by atoms with Gasteiger partial charge in [0.15, 0.2) is 5.78 Å². The number of Topliss-reactive ketones (excluding diaryl/α,β-unsaturated/α-hetero) is 1. The Kier molecular flexibility index (Phi) is 3.74. The number of nitrogens with one attached hydrogen (secondary N) is 1. The van der Waals surface area contributed by atoms with Crippen LogP contribution < -0.4 is 14.8 Å². The standard InChI is InChI=1S/C14H17NO4/c1-8(16)15-10-5-4-9-11(18-2)6-7-12(19-3)13(9)14(10)17/h6-7,10H,4-5H2,1-3H3,(H,15,16)/t10-/m1/s1. The highest BCUT2D eigenvalue weighted by Crippen LogP contribution is 2.35. The summed E-state index contributed by atoms with van der Waals surface area (Å²) in [6, 6.07) is 3.03. The molecule has 1 aromatic carbocycles. The molecule has 1 aliphatic carbocycles. The highest BCUT2D eigenvalue weighted by Gasteiger charge is 2.32. The Hall–Kier alpha value is -2.04. The van der Waals surface area contributed by atoms with Gasteiger partial charge in [0, 0.05) is 12.5 Å². The normalized spacial score (nSPS) is 17.6. The van der Waals surface area contributed by atoms with Gasteiger partial charge in [-0.25, -0.2) is 0 Å². The van der Waals surface area contributed by atoms with Gasteiger partial charge < -0.3 is 14.8 Å². The van der Waals surface area contributed by atoms with E-state index in [4.69, 9.17) is 9.47 Å². The van der Waals surface area contributed by atoms with Gasteiger partial charge in [0.05, 0.1) is 25.8 Å². The Labute approximate surface area is 111 Å². The molecule has 0 saturated heterocycles. The maximum absolute atomic E-state index is 12.4. The Morgan fingerprint density at radius 2 is 1.89 bits per heavy atom. The molecule has 1 N–H and O–H groups in total. The van der Waals surface area contributed by atoms with Gasteiger partial charge in [-0.2, -0.15) is 0 Å². The number of hydrogen-bond acceptors (Lipinski definition) is 4. The summed E-state index contributed by atoms with van der Waals surface area (Å²) >= 11 is 0. The first-order chi connectivity index (χ1) is 9.08. The van der Waals surface area contributed by atoms with E-state index < -0.39 is 6.04 Å². The molecule has 2 rings (SSSR count). The number of carbonyl (C=O) groups excluding carboxylic acids is 2. The first-order valence-corrected chi connectivity index (χ1v) is 6.13. The number of benzene rings is 1. The van der Waals surface area contributed by atoms with Crippen molar-refractivity contribution < 1.29 is 19.1 Å². The van der Waals surface area contributed by atoms with E-state index in [1.807, 2.05) is 0 Å². The van der Waals surface area contributed by atoms with Crippen LogP contribution in [0.25, 0.3) is 0 Å². The van der Waals surface area contributed by atoms with Crippen LogP contribution in [0.1, 0.15) is 29.3 Å². The summed E-state index contributed by atoms with van der Waals surface area (Å²) in [5, 5.41) is 2.68. The van der Waals surface area contributed by atoms with Crippen LogP contribution in [-0.4, -0.2) is 32.0 Å². The number of hydrogen-bond donors (Lipinski definition) is 1. The van der Waals surface area contributed by atoms with Crippen molar-refractivity contribution in [3.8, 4) is 11.5 Å². The number of methoxy groups -OCH3 is 2. The van der Waals surface area contributed by atoms with Crippen LogP contribution in [0.2, 0.25) is 0 Å². The third-order valence-corrected chi connectivity index (χ3v) is 3.29. The summed E-state index contributed by atoms with van der Waals surface area (Å²) in [4.78, 5) is 23.6. The number of fused-ring (bicyclic) bond motifs is 1. The molecule has 1 aromatic rings. The number of ketones is 1. The molecule has 1 atom stereocenters. The van der Waals surface area contributed by atoms with Crippen LogP contribution in [0.15, 0.2) is 12.1 Å². The van der Waals surface area contributed by atoms with Crippen molar-refractivity contribution in [2.75, 3.05) is 14.2 Å². The molecule has 0 heterocycles. The highest BCUT2D eigenvalue weighted by atomic mass is 16.5. The van der Waals surface area contributed by atoms with Gasteiger partial charge in [0.2, 0.25) is 5.91 Å². The van der Waals surface area contributed by atoms with E-state index in [2.05, 4.69) is 5.32 Å². The van der Waals surface area contributed by atoms with Crippen molar-refractivity contribution >= 4 is 11.7 Å². The number of rotatable bonds is 3. The van der Waals surface area contributed by atoms with E-state index in [1.54, 1.807) is 19.2 Å². The lowest BCUT2D eigenvalue weighted by Crippen LogP contribution is -2.42. The lowest BCUT2D eigenvalue weighted by atomic mass is 9.85. The Morgan fingerprint density at radius 1 is 1.26 bits per heavy atom. The topological polar surface area (TPSA) is 64.6 Å². The Balaban J connectivity index is 2.46. The van der Waals surface area contributed by atoms with E-state index >= 15 is 0 Å². The zero-order valence-corrected chi connectivity index (χ0v) is 11.3. The first-order valence-electron chi connectivity index (χ1n) is 6.13. The minimum absolute atomic E-state index is 0.118. The molecule has 0 bridgehead atoms. The molecule has 0 aromatic heterocycles. The minimum atomic E-state index is -0.481.